The van der Waals surface area contributed by atoms with E-state index in [2.05, 4.69) is 21.2 Å². The fraction of sp³-hybridized carbons (Fsp3) is 0.462. The van der Waals surface area contributed by atoms with Gasteiger partial charge in [0, 0.05) is 16.6 Å². The molecular weight excluding hydrogens is 339 g/mol. The summed E-state index contributed by atoms with van der Waals surface area (Å²) in [5.41, 5.74) is -0.875. The van der Waals surface area contributed by atoms with Gasteiger partial charge in [0.2, 0.25) is 0 Å². The Balaban J connectivity index is 2.18. The number of alkyl halides is 3. The second kappa shape index (κ2) is 5.73. The van der Waals surface area contributed by atoms with E-state index in [1.165, 1.54) is 12.1 Å². The summed E-state index contributed by atoms with van der Waals surface area (Å²) in [7, 11) is 0. The quantitative estimate of drug-likeness (QED) is 0.886. The van der Waals surface area contributed by atoms with Crippen LogP contribution in [0.15, 0.2) is 22.7 Å². The number of halogens is 4. The molecule has 1 aromatic carbocycles. The molecule has 1 aliphatic heterocycles. The highest BCUT2D eigenvalue weighted by atomic mass is 79.9. The minimum atomic E-state index is -4.50. The minimum Gasteiger partial charge on any atom is -0.376 e. The van der Waals surface area contributed by atoms with Crippen LogP contribution in [0, 0.1) is 0 Å². The van der Waals surface area contributed by atoms with Crippen molar-refractivity contribution in [1.29, 1.82) is 0 Å². The highest BCUT2D eigenvalue weighted by Crippen LogP contribution is 2.35. The highest BCUT2D eigenvalue weighted by Gasteiger charge is 2.34. The lowest BCUT2D eigenvalue weighted by molar-refractivity contribution is -0.138. The highest BCUT2D eigenvalue weighted by molar-refractivity contribution is 9.10. The van der Waals surface area contributed by atoms with Crippen molar-refractivity contribution in [3.63, 3.8) is 0 Å². The van der Waals surface area contributed by atoms with Crippen LogP contribution in [-0.4, -0.2) is 24.7 Å². The Labute approximate surface area is 122 Å². The molecule has 1 fully saturated rings. The lowest BCUT2D eigenvalue weighted by Gasteiger charge is -2.17. The lowest BCUT2D eigenvalue weighted by atomic mass is 10.1. The Morgan fingerprint density at radius 1 is 1.45 bits per heavy atom. The largest absolute Gasteiger partial charge is 0.417 e. The van der Waals surface area contributed by atoms with Crippen molar-refractivity contribution >= 4 is 21.8 Å². The first-order valence-corrected chi connectivity index (χ1v) is 6.87. The molecule has 3 nitrogen and oxygen atoms in total. The molecule has 2 rings (SSSR count). The summed E-state index contributed by atoms with van der Waals surface area (Å²) < 4.78 is 43.5. The zero-order valence-corrected chi connectivity index (χ0v) is 12.2. The van der Waals surface area contributed by atoms with E-state index in [1.807, 2.05) is 6.92 Å². The third-order valence-corrected chi connectivity index (χ3v) is 3.92. The maximum absolute atomic E-state index is 12.8. The number of hydrogen-bond acceptors (Lipinski definition) is 2. The van der Waals surface area contributed by atoms with E-state index < -0.39 is 17.6 Å². The van der Waals surface area contributed by atoms with Gasteiger partial charge in [-0.05, 0) is 31.5 Å². The number of benzene rings is 1. The summed E-state index contributed by atoms with van der Waals surface area (Å²) in [6, 6.07) is 3.27. The van der Waals surface area contributed by atoms with Gasteiger partial charge in [-0.3, -0.25) is 4.79 Å². The molecule has 1 N–H and O–H groups in total. The van der Waals surface area contributed by atoms with Crippen LogP contribution < -0.4 is 5.32 Å². The number of hydrogen-bond donors (Lipinski definition) is 1. The molecule has 1 saturated heterocycles. The van der Waals surface area contributed by atoms with E-state index in [4.69, 9.17) is 4.74 Å². The normalized spacial score (nSPS) is 22.9. The SMILES string of the molecule is CC1OCCC1NC(=O)c1ccc(Br)c(C(F)(F)F)c1. The number of carbonyl (C=O) groups excluding carboxylic acids is 1. The summed E-state index contributed by atoms with van der Waals surface area (Å²) in [6.45, 7) is 2.36. The molecule has 2 atom stereocenters. The van der Waals surface area contributed by atoms with Crippen LogP contribution >= 0.6 is 15.9 Å². The van der Waals surface area contributed by atoms with Gasteiger partial charge in [0.1, 0.15) is 0 Å². The van der Waals surface area contributed by atoms with E-state index in [-0.39, 0.29) is 22.2 Å². The van der Waals surface area contributed by atoms with Crippen molar-refractivity contribution in [2.45, 2.75) is 31.7 Å². The summed E-state index contributed by atoms with van der Waals surface area (Å²) in [6.07, 6.45) is -3.97. The number of amides is 1. The maximum Gasteiger partial charge on any atom is 0.417 e. The third-order valence-electron chi connectivity index (χ3n) is 3.23. The molecule has 7 heteroatoms. The molecule has 0 aliphatic carbocycles. The topological polar surface area (TPSA) is 38.3 Å². The number of nitrogens with one attached hydrogen (secondary N) is 1. The Morgan fingerprint density at radius 3 is 2.70 bits per heavy atom. The molecule has 110 valence electrons. The second-order valence-corrected chi connectivity index (χ2v) is 5.49. The molecule has 0 spiro atoms. The smallest absolute Gasteiger partial charge is 0.376 e. The molecule has 20 heavy (non-hydrogen) atoms. The van der Waals surface area contributed by atoms with Crippen LogP contribution in [-0.2, 0) is 10.9 Å². The van der Waals surface area contributed by atoms with Gasteiger partial charge >= 0.3 is 6.18 Å². The van der Waals surface area contributed by atoms with Crippen molar-refractivity contribution in [2.75, 3.05) is 6.61 Å². The number of rotatable bonds is 2. The van der Waals surface area contributed by atoms with E-state index in [0.29, 0.717) is 13.0 Å². The van der Waals surface area contributed by atoms with Crippen molar-refractivity contribution in [3.05, 3.63) is 33.8 Å². The molecule has 1 heterocycles. The second-order valence-electron chi connectivity index (χ2n) is 4.64. The van der Waals surface area contributed by atoms with Crippen LogP contribution in [0.1, 0.15) is 29.3 Å². The molecule has 0 saturated carbocycles. The molecule has 0 bridgehead atoms. The summed E-state index contributed by atoms with van der Waals surface area (Å²) in [5, 5.41) is 2.70. The zero-order valence-electron chi connectivity index (χ0n) is 10.6. The lowest BCUT2D eigenvalue weighted by Crippen LogP contribution is -2.39. The van der Waals surface area contributed by atoms with E-state index in [1.54, 1.807) is 0 Å². The summed E-state index contributed by atoms with van der Waals surface area (Å²) in [5.74, 6) is -0.523. The zero-order chi connectivity index (χ0) is 14.9. The first kappa shape index (κ1) is 15.3. The van der Waals surface area contributed by atoms with Gasteiger partial charge in [-0.1, -0.05) is 15.9 Å². The van der Waals surface area contributed by atoms with Crippen LogP contribution in [0.2, 0.25) is 0 Å². The monoisotopic (exact) mass is 351 g/mol. The summed E-state index contributed by atoms with van der Waals surface area (Å²) in [4.78, 5) is 12.0. The Bertz CT molecular complexity index is 519. The maximum atomic E-state index is 12.8. The standard InChI is InChI=1S/C13H13BrF3NO2/c1-7-11(4-5-20-7)18-12(19)8-2-3-10(14)9(6-8)13(15,16)17/h2-3,6-7,11H,4-5H2,1H3,(H,18,19). The van der Waals surface area contributed by atoms with Gasteiger partial charge in [0.15, 0.2) is 0 Å². The predicted molar refractivity (Wildman–Crippen MR) is 70.4 cm³/mol. The fourth-order valence-corrected chi connectivity index (χ4v) is 2.53. The van der Waals surface area contributed by atoms with Gasteiger partial charge in [-0.15, -0.1) is 0 Å². The van der Waals surface area contributed by atoms with E-state index in [9.17, 15) is 18.0 Å². The molecule has 1 aromatic rings. The predicted octanol–water partition coefficient (Wildman–Crippen LogP) is 3.38. The van der Waals surface area contributed by atoms with E-state index >= 15 is 0 Å². The van der Waals surface area contributed by atoms with Crippen LogP contribution in [0.25, 0.3) is 0 Å². The Morgan fingerprint density at radius 2 is 2.15 bits per heavy atom. The Hall–Kier alpha value is -1.08. The van der Waals surface area contributed by atoms with Crippen molar-refractivity contribution in [3.8, 4) is 0 Å². The summed E-state index contributed by atoms with van der Waals surface area (Å²) >= 11 is 2.84. The molecule has 0 radical (unpaired) electrons. The minimum absolute atomic E-state index is 0.0142. The average Bonchev–Trinajstić information content (AvgIpc) is 2.74. The Kier molecular flexibility index (Phi) is 4.39. The average molecular weight is 352 g/mol. The van der Waals surface area contributed by atoms with Gasteiger partial charge in [-0.25, -0.2) is 0 Å². The van der Waals surface area contributed by atoms with E-state index in [0.717, 1.165) is 6.07 Å². The van der Waals surface area contributed by atoms with Crippen LogP contribution in [0.5, 0.6) is 0 Å². The van der Waals surface area contributed by atoms with Gasteiger partial charge in [0.25, 0.3) is 5.91 Å². The molecule has 0 aromatic heterocycles. The molecule has 1 aliphatic rings. The van der Waals surface area contributed by atoms with Gasteiger partial charge in [0.05, 0.1) is 17.7 Å². The fourth-order valence-electron chi connectivity index (χ4n) is 2.06. The third kappa shape index (κ3) is 3.32. The number of carbonyl (C=O) groups is 1. The van der Waals surface area contributed by atoms with Crippen molar-refractivity contribution in [2.24, 2.45) is 0 Å². The van der Waals surface area contributed by atoms with Crippen LogP contribution in [0.4, 0.5) is 13.2 Å². The number of ether oxygens (including phenoxy) is 1. The first-order valence-electron chi connectivity index (χ1n) is 6.08. The van der Waals surface area contributed by atoms with Crippen LogP contribution in [0.3, 0.4) is 0 Å². The molecular formula is C13H13BrF3NO2. The van der Waals surface area contributed by atoms with Gasteiger partial charge < -0.3 is 10.1 Å². The van der Waals surface area contributed by atoms with Crippen molar-refractivity contribution < 1.29 is 22.7 Å². The van der Waals surface area contributed by atoms with Crippen molar-refractivity contribution in [1.82, 2.24) is 5.32 Å². The van der Waals surface area contributed by atoms with Gasteiger partial charge in [-0.2, -0.15) is 13.2 Å². The first-order chi connectivity index (χ1) is 9.29. The molecule has 1 amide bonds. The molecule has 2 unspecified atom stereocenters.